The van der Waals surface area contributed by atoms with Gasteiger partial charge in [0.25, 0.3) is 0 Å². The number of hydrogen-bond donors (Lipinski definition) is 0. The smallest absolute Gasteiger partial charge is 0.410 e. The minimum Gasteiger partial charge on any atom is -0.445 e. The number of fused-ring (bicyclic) bond motifs is 5. The second kappa shape index (κ2) is 3.72. The molecule has 1 saturated carbocycles. The number of epoxide rings is 1. The predicted octanol–water partition coefficient (Wildman–Crippen LogP) is 1.79. The van der Waals surface area contributed by atoms with Gasteiger partial charge in [-0.3, -0.25) is 0 Å². The third kappa shape index (κ3) is 1.52. The lowest BCUT2D eigenvalue weighted by Crippen LogP contribution is -2.41. The van der Waals surface area contributed by atoms with Crippen LogP contribution in [0.4, 0.5) is 4.79 Å². The van der Waals surface area contributed by atoms with Crippen molar-refractivity contribution in [1.82, 2.24) is 4.90 Å². The Hall–Kier alpha value is -1.55. The molecule has 4 heteroatoms. The summed E-state index contributed by atoms with van der Waals surface area (Å²) in [6.45, 7) is 1.15. The van der Waals surface area contributed by atoms with Gasteiger partial charge in [-0.05, 0) is 12.0 Å². The van der Waals surface area contributed by atoms with Gasteiger partial charge in [0.05, 0.1) is 12.1 Å². The lowest BCUT2D eigenvalue weighted by Gasteiger charge is -2.24. The Labute approximate surface area is 105 Å². The molecule has 18 heavy (non-hydrogen) atoms. The van der Waals surface area contributed by atoms with Crippen LogP contribution < -0.4 is 0 Å². The van der Waals surface area contributed by atoms with Crippen LogP contribution in [0.15, 0.2) is 30.3 Å². The first kappa shape index (κ1) is 10.4. The number of nitrogens with zero attached hydrogens (tertiary/aromatic N) is 1. The number of benzene rings is 1. The Bertz CT molecular complexity index is 475. The summed E-state index contributed by atoms with van der Waals surface area (Å²) in [5, 5.41) is 0. The van der Waals surface area contributed by atoms with Crippen molar-refractivity contribution in [1.29, 1.82) is 0 Å². The summed E-state index contributed by atoms with van der Waals surface area (Å²) in [6.07, 6.45) is 1.64. The molecule has 3 aliphatic rings. The van der Waals surface area contributed by atoms with Crippen molar-refractivity contribution in [3.63, 3.8) is 0 Å². The summed E-state index contributed by atoms with van der Waals surface area (Å²) >= 11 is 0. The molecule has 2 bridgehead atoms. The standard InChI is InChI=1S/C14H15NO3/c16-14(17-8-9-4-2-1-3-5-9)15-7-10-6-11(15)13-12(10)18-13/h1-5,10-13H,6-8H2/t10-,11-,12-,13+/m1/s1. The van der Waals surface area contributed by atoms with Crippen LogP contribution in [0.1, 0.15) is 12.0 Å². The first-order chi connectivity index (χ1) is 8.83. The van der Waals surface area contributed by atoms with E-state index in [1.165, 1.54) is 0 Å². The van der Waals surface area contributed by atoms with Crippen LogP contribution in [-0.2, 0) is 16.1 Å². The van der Waals surface area contributed by atoms with E-state index in [9.17, 15) is 4.79 Å². The highest BCUT2D eigenvalue weighted by Gasteiger charge is 2.64. The quantitative estimate of drug-likeness (QED) is 0.746. The fourth-order valence-corrected chi connectivity index (χ4v) is 3.29. The van der Waals surface area contributed by atoms with Crippen LogP contribution in [-0.4, -0.2) is 35.8 Å². The van der Waals surface area contributed by atoms with Gasteiger partial charge in [0.15, 0.2) is 0 Å². The molecule has 94 valence electrons. The summed E-state index contributed by atoms with van der Waals surface area (Å²) in [4.78, 5) is 13.9. The first-order valence-electron chi connectivity index (χ1n) is 6.46. The highest BCUT2D eigenvalue weighted by Crippen LogP contribution is 2.50. The van der Waals surface area contributed by atoms with E-state index in [0.29, 0.717) is 24.7 Å². The third-order valence-corrected chi connectivity index (χ3v) is 4.22. The van der Waals surface area contributed by atoms with Gasteiger partial charge in [0.1, 0.15) is 12.7 Å². The van der Waals surface area contributed by atoms with Crippen molar-refractivity contribution >= 4 is 6.09 Å². The Balaban J connectivity index is 1.37. The largest absolute Gasteiger partial charge is 0.445 e. The van der Waals surface area contributed by atoms with Crippen molar-refractivity contribution in [3.8, 4) is 0 Å². The molecule has 0 unspecified atom stereocenters. The molecule has 4 atom stereocenters. The molecule has 1 aromatic carbocycles. The highest BCUT2D eigenvalue weighted by molar-refractivity contribution is 5.69. The topological polar surface area (TPSA) is 42.1 Å². The maximum absolute atomic E-state index is 12.0. The number of rotatable bonds is 2. The molecule has 2 aliphatic heterocycles. The van der Waals surface area contributed by atoms with Crippen molar-refractivity contribution in [2.45, 2.75) is 31.3 Å². The molecule has 0 spiro atoms. The van der Waals surface area contributed by atoms with E-state index in [1.807, 2.05) is 35.2 Å². The molecule has 2 saturated heterocycles. The van der Waals surface area contributed by atoms with Gasteiger partial charge in [-0.2, -0.15) is 0 Å². The minimum absolute atomic E-state index is 0.194. The average Bonchev–Trinajstić information content (AvgIpc) is 3.02. The van der Waals surface area contributed by atoms with Crippen LogP contribution in [0.2, 0.25) is 0 Å². The molecular formula is C14H15NO3. The number of piperidine rings is 1. The lowest BCUT2D eigenvalue weighted by molar-refractivity contribution is 0.0862. The SMILES string of the molecule is O=C(OCc1ccccc1)N1C[C@H]2C[C@@H]1[C@@H]1O[C@H]21. The maximum atomic E-state index is 12.0. The van der Waals surface area contributed by atoms with E-state index in [2.05, 4.69) is 0 Å². The molecule has 0 N–H and O–H groups in total. The second-order valence-electron chi connectivity index (χ2n) is 5.32. The number of ether oxygens (including phenoxy) is 2. The molecule has 0 radical (unpaired) electrons. The zero-order valence-electron chi connectivity index (χ0n) is 9.99. The van der Waals surface area contributed by atoms with Crippen LogP contribution in [0.5, 0.6) is 0 Å². The van der Waals surface area contributed by atoms with Gasteiger partial charge in [-0.25, -0.2) is 4.79 Å². The van der Waals surface area contributed by atoms with Gasteiger partial charge in [0.2, 0.25) is 0 Å². The Morgan fingerprint density at radius 3 is 2.89 bits per heavy atom. The fourth-order valence-electron chi connectivity index (χ4n) is 3.29. The molecule has 2 heterocycles. The normalized spacial score (nSPS) is 35.4. The van der Waals surface area contributed by atoms with E-state index < -0.39 is 0 Å². The van der Waals surface area contributed by atoms with Crippen molar-refractivity contribution in [2.75, 3.05) is 6.54 Å². The van der Waals surface area contributed by atoms with Gasteiger partial charge in [-0.15, -0.1) is 0 Å². The maximum Gasteiger partial charge on any atom is 0.410 e. The van der Waals surface area contributed by atoms with Crippen molar-refractivity contribution in [2.24, 2.45) is 5.92 Å². The zero-order valence-corrected chi connectivity index (χ0v) is 9.99. The first-order valence-corrected chi connectivity index (χ1v) is 6.46. The van der Waals surface area contributed by atoms with Crippen LogP contribution >= 0.6 is 0 Å². The second-order valence-corrected chi connectivity index (χ2v) is 5.32. The number of hydrogen-bond acceptors (Lipinski definition) is 3. The molecule has 1 aliphatic carbocycles. The van der Waals surface area contributed by atoms with Gasteiger partial charge >= 0.3 is 6.09 Å². The molecule has 1 aromatic rings. The molecule has 4 nitrogen and oxygen atoms in total. The molecule has 4 rings (SSSR count). The average molecular weight is 245 g/mol. The lowest BCUT2D eigenvalue weighted by atomic mass is 10.1. The Morgan fingerprint density at radius 2 is 2.17 bits per heavy atom. The monoisotopic (exact) mass is 245 g/mol. The van der Waals surface area contributed by atoms with E-state index in [-0.39, 0.29) is 12.1 Å². The Kier molecular flexibility index (Phi) is 2.14. The molecular weight excluding hydrogens is 230 g/mol. The summed E-state index contributed by atoms with van der Waals surface area (Å²) in [7, 11) is 0. The van der Waals surface area contributed by atoms with Crippen LogP contribution in [0.25, 0.3) is 0 Å². The fraction of sp³-hybridized carbons (Fsp3) is 0.500. The summed E-state index contributed by atoms with van der Waals surface area (Å²) in [5.74, 6) is 0.546. The van der Waals surface area contributed by atoms with Crippen molar-refractivity contribution in [3.05, 3.63) is 35.9 Å². The molecule has 3 fully saturated rings. The number of likely N-dealkylation sites (tertiary alicyclic amines) is 1. The van der Waals surface area contributed by atoms with Crippen LogP contribution in [0.3, 0.4) is 0 Å². The van der Waals surface area contributed by atoms with E-state index in [0.717, 1.165) is 18.5 Å². The highest BCUT2D eigenvalue weighted by atomic mass is 16.6. The molecule has 1 amide bonds. The summed E-state index contributed by atoms with van der Waals surface area (Å²) in [5.41, 5.74) is 1.02. The van der Waals surface area contributed by atoms with Gasteiger partial charge in [-0.1, -0.05) is 30.3 Å². The minimum atomic E-state index is -0.194. The summed E-state index contributed by atoms with van der Waals surface area (Å²) in [6, 6.07) is 10.0. The van der Waals surface area contributed by atoms with E-state index in [4.69, 9.17) is 9.47 Å². The Morgan fingerprint density at radius 1 is 1.33 bits per heavy atom. The zero-order chi connectivity index (χ0) is 12.1. The third-order valence-electron chi connectivity index (χ3n) is 4.22. The number of carbonyl (C=O) groups is 1. The van der Waals surface area contributed by atoms with E-state index in [1.54, 1.807) is 0 Å². The van der Waals surface area contributed by atoms with E-state index >= 15 is 0 Å². The predicted molar refractivity (Wildman–Crippen MR) is 63.9 cm³/mol. The van der Waals surface area contributed by atoms with Gasteiger partial charge in [0, 0.05) is 12.5 Å². The van der Waals surface area contributed by atoms with Crippen LogP contribution in [0, 0.1) is 5.92 Å². The molecule has 0 aromatic heterocycles. The number of carbonyl (C=O) groups excluding carboxylic acids is 1. The number of amides is 1. The van der Waals surface area contributed by atoms with Crippen molar-refractivity contribution < 1.29 is 14.3 Å². The summed E-state index contributed by atoms with van der Waals surface area (Å²) < 4.78 is 10.9. The van der Waals surface area contributed by atoms with Gasteiger partial charge < -0.3 is 14.4 Å².